The van der Waals surface area contributed by atoms with Gasteiger partial charge >= 0.3 is 6.03 Å². The SMILES string of the molecule is Cc1ccc(NC(=O)NC2(C#N)CCC(C)CC2)cc1. The Morgan fingerprint density at radius 2 is 1.90 bits per heavy atom. The number of anilines is 1. The Morgan fingerprint density at radius 1 is 1.30 bits per heavy atom. The van der Waals surface area contributed by atoms with Crippen LogP contribution in [-0.2, 0) is 0 Å². The van der Waals surface area contributed by atoms with Crippen molar-refractivity contribution in [3.8, 4) is 6.07 Å². The minimum atomic E-state index is -0.707. The number of aryl methyl sites for hydroxylation is 1. The lowest BCUT2D eigenvalue weighted by Gasteiger charge is -2.34. The first-order chi connectivity index (χ1) is 9.53. The number of benzene rings is 1. The van der Waals surface area contributed by atoms with Gasteiger partial charge in [-0.25, -0.2) is 4.79 Å². The molecule has 1 aromatic carbocycles. The van der Waals surface area contributed by atoms with E-state index in [0.717, 1.165) is 36.9 Å². The molecule has 0 saturated heterocycles. The summed E-state index contributed by atoms with van der Waals surface area (Å²) in [6.45, 7) is 4.19. The van der Waals surface area contributed by atoms with Crippen molar-refractivity contribution in [3.05, 3.63) is 29.8 Å². The summed E-state index contributed by atoms with van der Waals surface area (Å²) < 4.78 is 0. The summed E-state index contributed by atoms with van der Waals surface area (Å²) in [5.41, 5.74) is 1.18. The van der Waals surface area contributed by atoms with Crippen molar-refractivity contribution in [1.82, 2.24) is 5.32 Å². The van der Waals surface area contributed by atoms with Gasteiger partial charge in [0.15, 0.2) is 0 Å². The van der Waals surface area contributed by atoms with E-state index in [1.54, 1.807) is 0 Å². The maximum atomic E-state index is 12.0. The number of carbonyl (C=O) groups is 1. The van der Waals surface area contributed by atoms with Crippen LogP contribution >= 0.6 is 0 Å². The van der Waals surface area contributed by atoms with Crippen LogP contribution in [0.4, 0.5) is 10.5 Å². The van der Waals surface area contributed by atoms with E-state index in [2.05, 4.69) is 23.6 Å². The van der Waals surface area contributed by atoms with Crippen LogP contribution in [0.5, 0.6) is 0 Å². The zero-order valence-corrected chi connectivity index (χ0v) is 12.1. The average molecular weight is 271 g/mol. The second-order valence-corrected chi connectivity index (χ2v) is 5.82. The molecule has 2 amide bonds. The fraction of sp³-hybridized carbons (Fsp3) is 0.500. The standard InChI is InChI=1S/C16H21N3O/c1-12-3-5-14(6-4-12)18-15(20)19-16(11-17)9-7-13(2)8-10-16/h3-6,13H,7-10H2,1-2H3,(H2,18,19,20). The molecule has 1 aliphatic rings. The van der Waals surface area contributed by atoms with Crippen LogP contribution in [0.2, 0.25) is 0 Å². The Bertz CT molecular complexity index is 508. The number of nitrogens with zero attached hydrogens (tertiary/aromatic N) is 1. The van der Waals surface area contributed by atoms with Gasteiger partial charge in [0.25, 0.3) is 0 Å². The molecule has 4 nitrogen and oxygen atoms in total. The predicted octanol–water partition coefficient (Wildman–Crippen LogP) is 3.59. The highest BCUT2D eigenvalue weighted by atomic mass is 16.2. The summed E-state index contributed by atoms with van der Waals surface area (Å²) in [4.78, 5) is 12.0. The molecule has 1 fully saturated rings. The van der Waals surface area contributed by atoms with E-state index in [0.29, 0.717) is 5.92 Å². The molecular formula is C16H21N3O. The molecule has 1 aliphatic carbocycles. The molecule has 0 radical (unpaired) electrons. The topological polar surface area (TPSA) is 64.9 Å². The highest BCUT2D eigenvalue weighted by molar-refractivity contribution is 5.90. The van der Waals surface area contributed by atoms with E-state index >= 15 is 0 Å². The summed E-state index contributed by atoms with van der Waals surface area (Å²) in [7, 11) is 0. The first kappa shape index (κ1) is 14.4. The number of carbonyl (C=O) groups excluding carboxylic acids is 1. The molecule has 106 valence electrons. The highest BCUT2D eigenvalue weighted by Crippen LogP contribution is 2.31. The highest BCUT2D eigenvalue weighted by Gasteiger charge is 2.35. The van der Waals surface area contributed by atoms with E-state index in [9.17, 15) is 10.1 Å². The van der Waals surface area contributed by atoms with Gasteiger partial charge in [0.1, 0.15) is 5.54 Å². The van der Waals surface area contributed by atoms with Crippen molar-refractivity contribution in [2.45, 2.75) is 45.1 Å². The molecule has 2 rings (SSSR count). The third-order valence-electron chi connectivity index (χ3n) is 4.00. The quantitative estimate of drug-likeness (QED) is 0.863. The van der Waals surface area contributed by atoms with Crippen LogP contribution in [-0.4, -0.2) is 11.6 Å². The van der Waals surface area contributed by atoms with Gasteiger partial charge in [-0.2, -0.15) is 5.26 Å². The Morgan fingerprint density at radius 3 is 2.45 bits per heavy atom. The molecule has 4 heteroatoms. The largest absolute Gasteiger partial charge is 0.320 e. The smallest absolute Gasteiger partial charge is 0.319 e. The minimum absolute atomic E-state index is 0.301. The number of amides is 2. The molecule has 0 heterocycles. The van der Waals surface area contributed by atoms with Crippen molar-refractivity contribution in [3.63, 3.8) is 0 Å². The molecule has 1 aromatic rings. The maximum Gasteiger partial charge on any atom is 0.320 e. The molecule has 20 heavy (non-hydrogen) atoms. The predicted molar refractivity (Wildman–Crippen MR) is 79.3 cm³/mol. The lowest BCUT2D eigenvalue weighted by Crippen LogP contribution is -2.51. The first-order valence-corrected chi connectivity index (χ1v) is 7.10. The number of urea groups is 1. The number of hydrogen-bond donors (Lipinski definition) is 2. The van der Waals surface area contributed by atoms with Gasteiger partial charge in [0, 0.05) is 5.69 Å². The fourth-order valence-corrected chi connectivity index (χ4v) is 2.54. The number of nitriles is 1. The number of nitrogens with one attached hydrogen (secondary N) is 2. The van der Waals surface area contributed by atoms with E-state index in [1.807, 2.05) is 31.2 Å². The third-order valence-corrected chi connectivity index (χ3v) is 4.00. The second kappa shape index (κ2) is 5.96. The van der Waals surface area contributed by atoms with Crippen LogP contribution < -0.4 is 10.6 Å². The van der Waals surface area contributed by atoms with Crippen LogP contribution in [0.25, 0.3) is 0 Å². The molecular weight excluding hydrogens is 250 g/mol. The van der Waals surface area contributed by atoms with E-state index in [1.165, 1.54) is 0 Å². The number of rotatable bonds is 2. The van der Waals surface area contributed by atoms with Crippen LogP contribution in [0, 0.1) is 24.2 Å². The van der Waals surface area contributed by atoms with Gasteiger partial charge in [0.2, 0.25) is 0 Å². The van der Waals surface area contributed by atoms with Gasteiger partial charge in [-0.3, -0.25) is 0 Å². The molecule has 0 aromatic heterocycles. The first-order valence-electron chi connectivity index (χ1n) is 7.10. The molecule has 0 spiro atoms. The van der Waals surface area contributed by atoms with E-state index in [4.69, 9.17) is 0 Å². The van der Waals surface area contributed by atoms with Crippen molar-refractivity contribution in [1.29, 1.82) is 5.26 Å². The molecule has 0 atom stereocenters. The Hall–Kier alpha value is -2.02. The molecule has 0 bridgehead atoms. The zero-order chi connectivity index (χ0) is 14.6. The molecule has 0 unspecified atom stereocenters. The Labute approximate surface area is 120 Å². The summed E-state index contributed by atoms with van der Waals surface area (Å²) in [5.74, 6) is 0.637. The minimum Gasteiger partial charge on any atom is -0.319 e. The Kier molecular flexibility index (Phi) is 4.29. The molecule has 0 aliphatic heterocycles. The number of hydrogen-bond acceptors (Lipinski definition) is 2. The van der Waals surface area contributed by atoms with E-state index < -0.39 is 5.54 Å². The van der Waals surface area contributed by atoms with Gasteiger partial charge in [0.05, 0.1) is 6.07 Å². The van der Waals surface area contributed by atoms with Crippen LogP contribution in [0.1, 0.15) is 38.2 Å². The van der Waals surface area contributed by atoms with Crippen molar-refractivity contribution >= 4 is 11.7 Å². The summed E-state index contributed by atoms with van der Waals surface area (Å²) in [5, 5.41) is 15.0. The molecule has 1 saturated carbocycles. The van der Waals surface area contributed by atoms with E-state index in [-0.39, 0.29) is 6.03 Å². The lowest BCUT2D eigenvalue weighted by molar-refractivity contribution is 0.222. The lowest BCUT2D eigenvalue weighted by atomic mass is 9.78. The summed E-state index contributed by atoms with van der Waals surface area (Å²) in [6, 6.07) is 9.59. The van der Waals surface area contributed by atoms with Crippen LogP contribution in [0.15, 0.2) is 24.3 Å². The monoisotopic (exact) mass is 271 g/mol. The summed E-state index contributed by atoms with van der Waals surface area (Å²) in [6.07, 6.45) is 3.43. The van der Waals surface area contributed by atoms with Crippen molar-refractivity contribution in [2.75, 3.05) is 5.32 Å². The van der Waals surface area contributed by atoms with Crippen molar-refractivity contribution < 1.29 is 4.79 Å². The van der Waals surface area contributed by atoms with Gasteiger partial charge in [-0.1, -0.05) is 24.6 Å². The van der Waals surface area contributed by atoms with Crippen molar-refractivity contribution in [2.24, 2.45) is 5.92 Å². The van der Waals surface area contributed by atoms with Gasteiger partial charge in [-0.05, 0) is 50.7 Å². The maximum absolute atomic E-state index is 12.0. The van der Waals surface area contributed by atoms with Crippen LogP contribution in [0.3, 0.4) is 0 Å². The summed E-state index contributed by atoms with van der Waals surface area (Å²) >= 11 is 0. The van der Waals surface area contributed by atoms with Gasteiger partial charge < -0.3 is 10.6 Å². The molecule has 2 N–H and O–H groups in total. The normalized spacial score (nSPS) is 25.6. The zero-order valence-electron chi connectivity index (χ0n) is 12.1. The van der Waals surface area contributed by atoms with Gasteiger partial charge in [-0.15, -0.1) is 0 Å². The second-order valence-electron chi connectivity index (χ2n) is 5.82. The fourth-order valence-electron chi connectivity index (χ4n) is 2.54. The average Bonchev–Trinajstić information content (AvgIpc) is 2.44. The third kappa shape index (κ3) is 3.51. The Balaban J connectivity index is 1.96.